The third kappa shape index (κ3) is 4.55. The van der Waals surface area contributed by atoms with Crippen molar-refractivity contribution in [2.45, 2.75) is 13.8 Å². The van der Waals surface area contributed by atoms with Crippen LogP contribution in [0.15, 0.2) is 48.5 Å². The molecule has 0 atom stereocenters. The van der Waals surface area contributed by atoms with Crippen LogP contribution in [0.25, 0.3) is 0 Å². The molecule has 6 nitrogen and oxygen atoms in total. The molecule has 0 radical (unpaired) electrons. The Hall–Kier alpha value is -3.52. The number of esters is 1. The van der Waals surface area contributed by atoms with Crippen molar-refractivity contribution in [2.24, 2.45) is 0 Å². The summed E-state index contributed by atoms with van der Waals surface area (Å²) in [4.78, 5) is 37.6. The summed E-state index contributed by atoms with van der Waals surface area (Å²) in [6, 6.07) is 12.0. The fourth-order valence-electron chi connectivity index (χ4n) is 2.87. The first-order chi connectivity index (χ1) is 14.3. The number of ether oxygens (including phenoxy) is 1. The van der Waals surface area contributed by atoms with Crippen molar-refractivity contribution in [2.75, 3.05) is 17.7 Å². The maximum atomic E-state index is 13.3. The van der Waals surface area contributed by atoms with Crippen LogP contribution in [0, 0.1) is 19.7 Å². The number of halogens is 1. The number of nitrogens with one attached hydrogen (secondary N) is 2. The highest BCUT2D eigenvalue weighted by atomic mass is 32.1. The van der Waals surface area contributed by atoms with Crippen LogP contribution >= 0.6 is 11.3 Å². The highest BCUT2D eigenvalue weighted by Crippen LogP contribution is 2.29. The molecular weight excluding hydrogens is 407 g/mol. The Morgan fingerprint density at radius 3 is 2.37 bits per heavy atom. The number of carbonyl (C=O) groups is 3. The van der Waals surface area contributed by atoms with E-state index in [0.29, 0.717) is 26.7 Å². The van der Waals surface area contributed by atoms with Gasteiger partial charge in [0.15, 0.2) is 0 Å². The highest BCUT2D eigenvalue weighted by Gasteiger charge is 2.20. The zero-order valence-electron chi connectivity index (χ0n) is 16.5. The van der Waals surface area contributed by atoms with Crippen LogP contribution in [0.1, 0.15) is 41.5 Å². The third-order valence-electron chi connectivity index (χ3n) is 4.36. The standard InChI is InChI=1S/C22H19FN2O4S/c1-12-6-4-9-16(22(28)29-3)18(12)25-21(27)19-13(2)10-17(30-19)24-20(26)14-7-5-8-15(23)11-14/h4-11H,1-3H3,(H,24,26)(H,25,27). The molecule has 0 bridgehead atoms. The number of methoxy groups -OCH3 is 1. The third-order valence-corrected chi connectivity index (χ3v) is 5.52. The summed E-state index contributed by atoms with van der Waals surface area (Å²) in [6.45, 7) is 3.51. The second-order valence-corrected chi connectivity index (χ2v) is 7.58. The number of aryl methyl sites for hydroxylation is 2. The van der Waals surface area contributed by atoms with Gasteiger partial charge in [-0.2, -0.15) is 0 Å². The van der Waals surface area contributed by atoms with Crippen molar-refractivity contribution in [3.05, 3.63) is 81.5 Å². The van der Waals surface area contributed by atoms with Crippen molar-refractivity contribution in [1.29, 1.82) is 0 Å². The van der Waals surface area contributed by atoms with Crippen molar-refractivity contribution >= 4 is 39.8 Å². The Bertz CT molecular complexity index is 1140. The van der Waals surface area contributed by atoms with Gasteiger partial charge in [0.2, 0.25) is 0 Å². The van der Waals surface area contributed by atoms with Gasteiger partial charge in [-0.05, 0) is 55.3 Å². The zero-order chi connectivity index (χ0) is 21.8. The molecule has 1 aromatic heterocycles. The lowest BCUT2D eigenvalue weighted by Crippen LogP contribution is -2.16. The van der Waals surface area contributed by atoms with E-state index in [0.717, 1.165) is 17.4 Å². The highest BCUT2D eigenvalue weighted by molar-refractivity contribution is 7.18. The summed E-state index contributed by atoms with van der Waals surface area (Å²) in [7, 11) is 1.27. The first-order valence-electron chi connectivity index (χ1n) is 8.96. The molecule has 0 aliphatic heterocycles. The molecule has 3 rings (SSSR count). The molecule has 2 N–H and O–H groups in total. The molecule has 0 saturated carbocycles. The summed E-state index contributed by atoms with van der Waals surface area (Å²) in [5.74, 6) is -1.96. The van der Waals surface area contributed by atoms with Crippen LogP contribution < -0.4 is 10.6 Å². The molecule has 0 unspecified atom stereocenters. The van der Waals surface area contributed by atoms with Crippen LogP contribution in [0.3, 0.4) is 0 Å². The quantitative estimate of drug-likeness (QED) is 0.574. The second kappa shape index (κ2) is 8.87. The molecular formula is C22H19FN2O4S. The Kier molecular flexibility index (Phi) is 6.27. The molecule has 0 aliphatic carbocycles. The van der Waals surface area contributed by atoms with Crippen LogP contribution in [-0.4, -0.2) is 24.9 Å². The molecule has 0 spiro atoms. The number of amides is 2. The molecule has 8 heteroatoms. The molecule has 0 fully saturated rings. The lowest BCUT2D eigenvalue weighted by Gasteiger charge is -2.12. The SMILES string of the molecule is COC(=O)c1cccc(C)c1NC(=O)c1sc(NC(=O)c2cccc(F)c2)cc1C. The van der Waals surface area contributed by atoms with Crippen molar-refractivity contribution < 1.29 is 23.5 Å². The summed E-state index contributed by atoms with van der Waals surface area (Å²) >= 11 is 1.09. The average Bonchev–Trinajstić information content (AvgIpc) is 3.08. The van der Waals surface area contributed by atoms with Crippen LogP contribution in [-0.2, 0) is 4.74 Å². The van der Waals surface area contributed by atoms with Crippen molar-refractivity contribution in [3.8, 4) is 0 Å². The lowest BCUT2D eigenvalue weighted by molar-refractivity contribution is 0.0601. The van der Waals surface area contributed by atoms with E-state index in [1.165, 1.54) is 25.3 Å². The molecule has 3 aromatic rings. The van der Waals surface area contributed by atoms with E-state index < -0.39 is 23.6 Å². The summed E-state index contributed by atoms with van der Waals surface area (Å²) in [5.41, 5.74) is 2.15. The molecule has 154 valence electrons. The minimum Gasteiger partial charge on any atom is -0.465 e. The Morgan fingerprint density at radius 2 is 1.67 bits per heavy atom. The van der Waals surface area contributed by atoms with Crippen LogP contribution in [0.5, 0.6) is 0 Å². The van der Waals surface area contributed by atoms with E-state index in [1.807, 2.05) is 0 Å². The van der Waals surface area contributed by atoms with E-state index in [9.17, 15) is 18.8 Å². The minimum atomic E-state index is -0.556. The molecule has 2 amide bonds. The topological polar surface area (TPSA) is 84.5 Å². The van der Waals surface area contributed by atoms with Gasteiger partial charge in [-0.3, -0.25) is 9.59 Å². The number of rotatable bonds is 5. The summed E-state index contributed by atoms with van der Waals surface area (Å²) < 4.78 is 18.1. The van der Waals surface area contributed by atoms with Gasteiger partial charge >= 0.3 is 5.97 Å². The Morgan fingerprint density at radius 1 is 0.933 bits per heavy atom. The van der Waals surface area contributed by atoms with E-state index in [1.54, 1.807) is 38.1 Å². The fourth-order valence-corrected chi connectivity index (χ4v) is 3.83. The second-order valence-electron chi connectivity index (χ2n) is 6.53. The molecule has 0 saturated heterocycles. The number of hydrogen-bond acceptors (Lipinski definition) is 5. The number of benzene rings is 2. The van der Waals surface area contributed by atoms with E-state index in [2.05, 4.69) is 10.6 Å². The zero-order valence-corrected chi connectivity index (χ0v) is 17.4. The van der Waals surface area contributed by atoms with Crippen LogP contribution in [0.4, 0.5) is 15.1 Å². The lowest BCUT2D eigenvalue weighted by atomic mass is 10.1. The van der Waals surface area contributed by atoms with Gasteiger partial charge in [0, 0.05) is 5.56 Å². The van der Waals surface area contributed by atoms with Gasteiger partial charge in [0.1, 0.15) is 5.82 Å². The van der Waals surface area contributed by atoms with E-state index in [-0.39, 0.29) is 11.1 Å². The smallest absolute Gasteiger partial charge is 0.339 e. The van der Waals surface area contributed by atoms with Gasteiger partial charge < -0.3 is 15.4 Å². The van der Waals surface area contributed by atoms with Crippen molar-refractivity contribution in [3.63, 3.8) is 0 Å². The van der Waals surface area contributed by atoms with E-state index >= 15 is 0 Å². The molecule has 1 heterocycles. The number of para-hydroxylation sites is 1. The van der Waals surface area contributed by atoms with Gasteiger partial charge in [-0.25, -0.2) is 9.18 Å². The molecule has 0 aliphatic rings. The first kappa shape index (κ1) is 21.2. The average molecular weight is 426 g/mol. The molecule has 30 heavy (non-hydrogen) atoms. The van der Waals surface area contributed by atoms with Crippen molar-refractivity contribution in [1.82, 2.24) is 0 Å². The molecule has 2 aromatic carbocycles. The van der Waals surface area contributed by atoms with Gasteiger partial charge in [0.25, 0.3) is 11.8 Å². The monoisotopic (exact) mass is 426 g/mol. The van der Waals surface area contributed by atoms with Gasteiger partial charge in [0.05, 0.1) is 28.2 Å². The number of thiophene rings is 1. The summed E-state index contributed by atoms with van der Waals surface area (Å²) in [5, 5.41) is 5.89. The maximum absolute atomic E-state index is 13.3. The maximum Gasteiger partial charge on any atom is 0.339 e. The predicted molar refractivity (Wildman–Crippen MR) is 114 cm³/mol. The van der Waals surface area contributed by atoms with Gasteiger partial charge in [-0.15, -0.1) is 11.3 Å². The minimum absolute atomic E-state index is 0.176. The normalized spacial score (nSPS) is 10.4. The fraction of sp³-hybridized carbons (Fsp3) is 0.136. The van der Waals surface area contributed by atoms with E-state index in [4.69, 9.17) is 4.74 Å². The first-order valence-corrected chi connectivity index (χ1v) is 9.78. The predicted octanol–water partition coefficient (Wildman–Crippen LogP) is 4.80. The van der Waals surface area contributed by atoms with Crippen LogP contribution in [0.2, 0.25) is 0 Å². The number of anilines is 2. The number of hydrogen-bond donors (Lipinski definition) is 2. The Labute approximate surface area is 176 Å². The Balaban J connectivity index is 1.81. The van der Waals surface area contributed by atoms with Gasteiger partial charge in [-0.1, -0.05) is 18.2 Å². The summed E-state index contributed by atoms with van der Waals surface area (Å²) in [6.07, 6.45) is 0. The number of carbonyl (C=O) groups excluding carboxylic acids is 3. The largest absolute Gasteiger partial charge is 0.465 e.